The van der Waals surface area contributed by atoms with Gasteiger partial charge in [-0.2, -0.15) is 0 Å². The zero-order valence-electron chi connectivity index (χ0n) is 4.85. The molecule has 0 aliphatic heterocycles. The topological polar surface area (TPSA) is 26.0 Å². The molecule has 0 heterocycles. The quantitative estimate of drug-likeness (QED) is 0.484. The molecule has 1 aliphatic carbocycles. The zero-order valence-corrected chi connectivity index (χ0v) is 4.85. The molecule has 42 valence electrons. The number of rotatable bonds is 0. The molecule has 1 heteroatoms. The van der Waals surface area contributed by atoms with Crippen LogP contribution in [0.2, 0.25) is 0 Å². The summed E-state index contributed by atoms with van der Waals surface area (Å²) >= 11 is 0. The van der Waals surface area contributed by atoms with Crippen LogP contribution < -0.4 is 5.73 Å². The molecule has 2 N–H and O–H groups in total. The SMILES string of the molecule is C[C@@H]1CCC[C@@H]1N. The summed E-state index contributed by atoms with van der Waals surface area (Å²) in [7, 11) is 0. The Balaban J connectivity index is 2.33. The van der Waals surface area contributed by atoms with Crippen LogP contribution >= 0.6 is 0 Å². The first-order chi connectivity index (χ1) is 3.30. The second-order valence-corrected chi connectivity index (χ2v) is 2.57. The molecule has 2 atom stereocenters. The Bertz CT molecular complexity index is 53.2. The third kappa shape index (κ3) is 0.942. The van der Waals surface area contributed by atoms with Crippen LogP contribution in [0.5, 0.6) is 0 Å². The van der Waals surface area contributed by atoms with Gasteiger partial charge in [0.2, 0.25) is 0 Å². The molecule has 0 spiro atoms. The minimum Gasteiger partial charge on any atom is -0.327 e. The lowest BCUT2D eigenvalue weighted by Crippen LogP contribution is -2.21. The number of hydrogen-bond donors (Lipinski definition) is 1. The van der Waals surface area contributed by atoms with Crippen LogP contribution in [-0.2, 0) is 0 Å². The van der Waals surface area contributed by atoms with Gasteiger partial charge in [-0.1, -0.05) is 13.3 Å². The van der Waals surface area contributed by atoms with E-state index in [1.54, 1.807) is 0 Å². The van der Waals surface area contributed by atoms with Crippen LogP contribution in [0.1, 0.15) is 26.2 Å². The fraction of sp³-hybridized carbons (Fsp3) is 1.00. The summed E-state index contributed by atoms with van der Waals surface area (Å²) < 4.78 is 0. The molecule has 0 aromatic rings. The molecule has 0 unspecified atom stereocenters. The molecule has 1 aliphatic rings. The van der Waals surface area contributed by atoms with Gasteiger partial charge in [-0.25, -0.2) is 0 Å². The van der Waals surface area contributed by atoms with Crippen LogP contribution in [-0.4, -0.2) is 6.04 Å². The van der Waals surface area contributed by atoms with Gasteiger partial charge in [0.05, 0.1) is 0 Å². The maximum atomic E-state index is 5.68. The van der Waals surface area contributed by atoms with E-state index in [2.05, 4.69) is 6.92 Å². The van der Waals surface area contributed by atoms with E-state index in [1.807, 2.05) is 0 Å². The lowest BCUT2D eigenvalue weighted by atomic mass is 10.1. The third-order valence-electron chi connectivity index (χ3n) is 1.93. The van der Waals surface area contributed by atoms with Gasteiger partial charge in [-0.3, -0.25) is 0 Å². The largest absolute Gasteiger partial charge is 0.327 e. The summed E-state index contributed by atoms with van der Waals surface area (Å²) in [5.41, 5.74) is 5.68. The third-order valence-corrected chi connectivity index (χ3v) is 1.93. The van der Waals surface area contributed by atoms with Crippen LogP contribution in [0.25, 0.3) is 0 Å². The molecule has 1 rings (SSSR count). The van der Waals surface area contributed by atoms with E-state index in [9.17, 15) is 0 Å². The van der Waals surface area contributed by atoms with Crippen LogP contribution in [0.4, 0.5) is 0 Å². The first kappa shape index (κ1) is 5.10. The van der Waals surface area contributed by atoms with Crippen molar-refractivity contribution in [1.29, 1.82) is 0 Å². The van der Waals surface area contributed by atoms with Crippen LogP contribution in [0.15, 0.2) is 0 Å². The Labute approximate surface area is 44.9 Å². The van der Waals surface area contributed by atoms with Gasteiger partial charge >= 0.3 is 0 Å². The molecule has 1 fully saturated rings. The number of hydrogen-bond acceptors (Lipinski definition) is 1. The molecule has 0 radical (unpaired) electrons. The summed E-state index contributed by atoms with van der Waals surface area (Å²) in [5, 5.41) is 0. The predicted molar refractivity (Wildman–Crippen MR) is 31.0 cm³/mol. The van der Waals surface area contributed by atoms with Crippen molar-refractivity contribution < 1.29 is 0 Å². The second-order valence-electron chi connectivity index (χ2n) is 2.57. The highest BCUT2D eigenvalue weighted by molar-refractivity contribution is 4.75. The maximum absolute atomic E-state index is 5.68. The van der Waals surface area contributed by atoms with Gasteiger partial charge in [-0.05, 0) is 18.8 Å². The summed E-state index contributed by atoms with van der Waals surface area (Å²) in [6.07, 6.45) is 3.95. The normalized spacial score (nSPS) is 42.0. The highest BCUT2D eigenvalue weighted by Gasteiger charge is 2.18. The van der Waals surface area contributed by atoms with Crippen molar-refractivity contribution in [3.8, 4) is 0 Å². The second kappa shape index (κ2) is 1.83. The van der Waals surface area contributed by atoms with Crippen LogP contribution in [0, 0.1) is 5.92 Å². The molecule has 0 amide bonds. The van der Waals surface area contributed by atoms with Gasteiger partial charge in [0.1, 0.15) is 0 Å². The van der Waals surface area contributed by atoms with Crippen molar-refractivity contribution in [1.82, 2.24) is 0 Å². The minimum atomic E-state index is 0.514. The Morgan fingerprint density at radius 2 is 2.14 bits per heavy atom. The molecular formula is C6H13N. The maximum Gasteiger partial charge on any atom is 0.00645 e. The summed E-state index contributed by atoms with van der Waals surface area (Å²) in [6, 6.07) is 0.514. The van der Waals surface area contributed by atoms with Gasteiger partial charge in [0, 0.05) is 6.04 Å². The van der Waals surface area contributed by atoms with Crippen molar-refractivity contribution in [2.75, 3.05) is 0 Å². The molecular weight excluding hydrogens is 86.1 g/mol. The summed E-state index contributed by atoms with van der Waals surface area (Å²) in [6.45, 7) is 2.23. The average Bonchev–Trinajstić information content (AvgIpc) is 1.91. The Hall–Kier alpha value is -0.0400. The minimum absolute atomic E-state index is 0.514. The molecule has 0 bridgehead atoms. The van der Waals surface area contributed by atoms with E-state index < -0.39 is 0 Å². The smallest absolute Gasteiger partial charge is 0.00645 e. The van der Waals surface area contributed by atoms with E-state index >= 15 is 0 Å². The van der Waals surface area contributed by atoms with Gasteiger partial charge in [-0.15, -0.1) is 0 Å². The first-order valence-electron chi connectivity index (χ1n) is 3.06. The lowest BCUT2D eigenvalue weighted by Gasteiger charge is -2.05. The molecule has 1 saturated carbocycles. The Morgan fingerprint density at radius 1 is 1.43 bits per heavy atom. The number of nitrogens with two attached hydrogens (primary N) is 1. The van der Waals surface area contributed by atoms with E-state index in [1.165, 1.54) is 19.3 Å². The predicted octanol–water partition coefficient (Wildman–Crippen LogP) is 1.13. The first-order valence-corrected chi connectivity index (χ1v) is 3.06. The molecule has 0 aromatic heterocycles. The van der Waals surface area contributed by atoms with E-state index in [4.69, 9.17) is 5.73 Å². The monoisotopic (exact) mass is 99.1 g/mol. The summed E-state index contributed by atoms with van der Waals surface area (Å²) in [4.78, 5) is 0. The fourth-order valence-electron chi connectivity index (χ4n) is 1.17. The Kier molecular flexibility index (Phi) is 1.33. The molecule has 0 aromatic carbocycles. The zero-order chi connectivity index (χ0) is 5.28. The average molecular weight is 99.2 g/mol. The van der Waals surface area contributed by atoms with E-state index in [0.717, 1.165) is 5.92 Å². The highest BCUT2D eigenvalue weighted by atomic mass is 14.7. The van der Waals surface area contributed by atoms with E-state index in [0.29, 0.717) is 6.04 Å². The van der Waals surface area contributed by atoms with Crippen molar-refractivity contribution >= 4 is 0 Å². The molecule has 7 heavy (non-hydrogen) atoms. The standard InChI is InChI=1S/C6H13N/c1-5-3-2-4-6(5)7/h5-6H,2-4,7H2,1H3/t5-,6+/m1/s1. The van der Waals surface area contributed by atoms with Crippen molar-refractivity contribution in [2.24, 2.45) is 11.7 Å². The lowest BCUT2D eigenvalue weighted by molar-refractivity contribution is 0.527. The summed E-state index contributed by atoms with van der Waals surface area (Å²) in [5.74, 6) is 0.792. The van der Waals surface area contributed by atoms with E-state index in [-0.39, 0.29) is 0 Å². The van der Waals surface area contributed by atoms with Crippen molar-refractivity contribution in [2.45, 2.75) is 32.2 Å². The highest BCUT2D eigenvalue weighted by Crippen LogP contribution is 2.22. The van der Waals surface area contributed by atoms with Crippen LogP contribution in [0.3, 0.4) is 0 Å². The molecule has 1 nitrogen and oxygen atoms in total. The van der Waals surface area contributed by atoms with Crippen molar-refractivity contribution in [3.63, 3.8) is 0 Å². The molecule has 0 saturated heterocycles. The fourth-order valence-corrected chi connectivity index (χ4v) is 1.17. The Morgan fingerprint density at radius 3 is 2.29 bits per heavy atom. The van der Waals surface area contributed by atoms with Gasteiger partial charge < -0.3 is 5.73 Å². The van der Waals surface area contributed by atoms with Gasteiger partial charge in [0.15, 0.2) is 0 Å². The van der Waals surface area contributed by atoms with Gasteiger partial charge in [0.25, 0.3) is 0 Å². The van der Waals surface area contributed by atoms with Crippen molar-refractivity contribution in [3.05, 3.63) is 0 Å².